The van der Waals surface area contributed by atoms with Gasteiger partial charge >= 0.3 is 6.03 Å². The van der Waals surface area contributed by atoms with E-state index in [1.807, 2.05) is 36.4 Å². The molecule has 0 spiro atoms. The largest absolute Gasteiger partial charge is 0.493 e. The molecule has 0 bridgehead atoms. The molecule has 152 valence electrons. The van der Waals surface area contributed by atoms with Gasteiger partial charge in [-0.05, 0) is 46.9 Å². The van der Waals surface area contributed by atoms with Crippen LogP contribution in [0.1, 0.15) is 38.3 Å². The average molecular weight is 394 g/mol. The van der Waals surface area contributed by atoms with E-state index < -0.39 is 11.9 Å². The van der Waals surface area contributed by atoms with Crippen LogP contribution < -0.4 is 20.1 Å². The summed E-state index contributed by atoms with van der Waals surface area (Å²) in [6.07, 6.45) is 2.38. The lowest BCUT2D eigenvalue weighted by Gasteiger charge is -2.19. The SMILES string of the molecule is CC(C)(C)c1ccc(OCCCOc2ccc(/C=C3\NC(=O)NC3=O)cc2)cc1. The molecule has 0 saturated carbocycles. The predicted octanol–water partition coefficient (Wildman–Crippen LogP) is 4.01. The molecule has 1 fully saturated rings. The van der Waals surface area contributed by atoms with Gasteiger partial charge in [0, 0.05) is 6.42 Å². The molecular weight excluding hydrogens is 368 g/mol. The van der Waals surface area contributed by atoms with Gasteiger partial charge in [0.15, 0.2) is 0 Å². The summed E-state index contributed by atoms with van der Waals surface area (Å²) in [6, 6.07) is 15.0. The van der Waals surface area contributed by atoms with Gasteiger partial charge in [-0.2, -0.15) is 0 Å². The number of carbonyl (C=O) groups is 2. The molecule has 1 aliphatic heterocycles. The Balaban J connectivity index is 1.40. The number of amides is 3. The third-order valence-electron chi connectivity index (χ3n) is 4.46. The van der Waals surface area contributed by atoms with Crippen LogP contribution in [-0.4, -0.2) is 25.2 Å². The normalized spacial score (nSPS) is 15.2. The molecule has 29 heavy (non-hydrogen) atoms. The lowest BCUT2D eigenvalue weighted by atomic mass is 9.87. The van der Waals surface area contributed by atoms with Gasteiger partial charge in [-0.3, -0.25) is 10.1 Å². The molecule has 1 aliphatic rings. The number of carbonyl (C=O) groups excluding carboxylic acids is 2. The molecule has 6 heteroatoms. The summed E-state index contributed by atoms with van der Waals surface area (Å²) in [4.78, 5) is 22.6. The minimum atomic E-state index is -0.506. The van der Waals surface area contributed by atoms with Gasteiger partial charge in [0.2, 0.25) is 0 Å². The van der Waals surface area contributed by atoms with Gasteiger partial charge in [0.05, 0.1) is 13.2 Å². The van der Waals surface area contributed by atoms with Crippen molar-refractivity contribution in [2.75, 3.05) is 13.2 Å². The van der Waals surface area contributed by atoms with Crippen LogP contribution in [0.5, 0.6) is 11.5 Å². The van der Waals surface area contributed by atoms with Crippen molar-refractivity contribution in [3.8, 4) is 11.5 Å². The molecule has 3 rings (SSSR count). The summed E-state index contributed by atoms with van der Waals surface area (Å²) in [5.41, 5.74) is 2.45. The number of ether oxygens (including phenoxy) is 2. The fourth-order valence-corrected chi connectivity index (χ4v) is 2.80. The van der Waals surface area contributed by atoms with Crippen molar-refractivity contribution in [1.29, 1.82) is 0 Å². The maximum Gasteiger partial charge on any atom is 0.326 e. The number of nitrogens with one attached hydrogen (secondary N) is 2. The summed E-state index contributed by atoms with van der Waals surface area (Å²) in [5, 5.41) is 4.62. The van der Waals surface area contributed by atoms with Crippen LogP contribution in [0.15, 0.2) is 54.2 Å². The number of hydrogen-bond acceptors (Lipinski definition) is 4. The molecule has 2 N–H and O–H groups in total. The van der Waals surface area contributed by atoms with Gasteiger partial charge in [0.25, 0.3) is 5.91 Å². The third kappa shape index (κ3) is 5.85. The van der Waals surface area contributed by atoms with Crippen molar-refractivity contribution in [1.82, 2.24) is 10.6 Å². The van der Waals surface area contributed by atoms with Crippen molar-refractivity contribution in [3.63, 3.8) is 0 Å². The Bertz CT molecular complexity index is 894. The molecule has 0 aromatic heterocycles. The molecule has 0 radical (unpaired) electrons. The van der Waals surface area contributed by atoms with Gasteiger partial charge in [-0.1, -0.05) is 45.0 Å². The maximum atomic E-state index is 11.5. The molecule has 0 atom stereocenters. The molecule has 1 heterocycles. The van der Waals surface area contributed by atoms with E-state index in [1.165, 1.54) is 5.56 Å². The quantitative estimate of drug-likeness (QED) is 0.423. The Hall–Kier alpha value is -3.28. The van der Waals surface area contributed by atoms with Crippen LogP contribution in [0.4, 0.5) is 4.79 Å². The lowest BCUT2D eigenvalue weighted by Crippen LogP contribution is -2.22. The molecule has 0 unspecified atom stereocenters. The fourth-order valence-electron chi connectivity index (χ4n) is 2.80. The Morgan fingerprint density at radius 1 is 0.828 bits per heavy atom. The molecule has 6 nitrogen and oxygen atoms in total. The van der Waals surface area contributed by atoms with E-state index in [0.29, 0.717) is 13.2 Å². The van der Waals surface area contributed by atoms with Crippen molar-refractivity contribution < 1.29 is 19.1 Å². The standard InChI is InChI=1S/C23H26N2O4/c1-23(2,3)17-7-11-19(12-8-17)29-14-4-13-28-18-9-5-16(6-10-18)15-20-21(26)25-22(27)24-20/h5-12,15H,4,13-14H2,1-3H3,(H2,24,25,26,27)/b20-15-. The van der Waals surface area contributed by atoms with Crippen LogP contribution in [0.2, 0.25) is 0 Å². The first-order chi connectivity index (χ1) is 13.8. The monoisotopic (exact) mass is 394 g/mol. The van der Waals surface area contributed by atoms with Crippen molar-refractivity contribution in [3.05, 3.63) is 65.4 Å². The first-order valence-electron chi connectivity index (χ1n) is 9.61. The lowest BCUT2D eigenvalue weighted by molar-refractivity contribution is -0.115. The number of hydrogen-bond donors (Lipinski definition) is 2. The van der Waals surface area contributed by atoms with Gasteiger partial charge in [-0.25, -0.2) is 4.79 Å². The van der Waals surface area contributed by atoms with E-state index in [2.05, 4.69) is 43.5 Å². The highest BCUT2D eigenvalue weighted by Crippen LogP contribution is 2.24. The smallest absolute Gasteiger partial charge is 0.326 e. The Morgan fingerprint density at radius 2 is 1.38 bits per heavy atom. The number of urea groups is 1. The predicted molar refractivity (Wildman–Crippen MR) is 112 cm³/mol. The zero-order valence-corrected chi connectivity index (χ0v) is 17.0. The number of benzene rings is 2. The summed E-state index contributed by atoms with van der Waals surface area (Å²) in [6.45, 7) is 7.68. The van der Waals surface area contributed by atoms with Crippen LogP contribution in [0.3, 0.4) is 0 Å². The van der Waals surface area contributed by atoms with E-state index in [9.17, 15) is 9.59 Å². The first kappa shape index (κ1) is 20.5. The van der Waals surface area contributed by atoms with E-state index in [1.54, 1.807) is 6.08 Å². The summed E-state index contributed by atoms with van der Waals surface area (Å²) in [5.74, 6) is 1.17. The van der Waals surface area contributed by atoms with E-state index in [0.717, 1.165) is 23.5 Å². The van der Waals surface area contributed by atoms with Gasteiger partial charge in [0.1, 0.15) is 17.2 Å². The molecule has 2 aromatic carbocycles. The summed E-state index contributed by atoms with van der Waals surface area (Å²) < 4.78 is 11.5. The average Bonchev–Trinajstić information content (AvgIpc) is 2.99. The topological polar surface area (TPSA) is 76.7 Å². The minimum absolute atomic E-state index is 0.135. The summed E-state index contributed by atoms with van der Waals surface area (Å²) in [7, 11) is 0. The number of rotatable bonds is 7. The highest BCUT2D eigenvalue weighted by atomic mass is 16.5. The Labute approximate surface area is 170 Å². The third-order valence-corrected chi connectivity index (χ3v) is 4.46. The zero-order chi connectivity index (χ0) is 20.9. The highest BCUT2D eigenvalue weighted by Gasteiger charge is 2.22. The summed E-state index contributed by atoms with van der Waals surface area (Å²) >= 11 is 0. The molecule has 0 aliphatic carbocycles. The zero-order valence-electron chi connectivity index (χ0n) is 17.0. The highest BCUT2D eigenvalue weighted by molar-refractivity contribution is 6.13. The Morgan fingerprint density at radius 3 is 1.86 bits per heavy atom. The molecule has 3 amide bonds. The van der Waals surface area contributed by atoms with E-state index >= 15 is 0 Å². The van der Waals surface area contributed by atoms with E-state index in [4.69, 9.17) is 9.47 Å². The molecule has 2 aromatic rings. The second kappa shape index (κ2) is 8.82. The van der Waals surface area contributed by atoms with Crippen LogP contribution >= 0.6 is 0 Å². The minimum Gasteiger partial charge on any atom is -0.493 e. The second-order valence-corrected chi connectivity index (χ2v) is 7.86. The molecule has 1 saturated heterocycles. The van der Waals surface area contributed by atoms with Crippen LogP contribution in [-0.2, 0) is 10.2 Å². The van der Waals surface area contributed by atoms with Crippen molar-refractivity contribution in [2.45, 2.75) is 32.6 Å². The van der Waals surface area contributed by atoms with Crippen LogP contribution in [0, 0.1) is 0 Å². The second-order valence-electron chi connectivity index (χ2n) is 7.86. The maximum absolute atomic E-state index is 11.5. The van der Waals surface area contributed by atoms with E-state index in [-0.39, 0.29) is 11.1 Å². The Kier molecular flexibility index (Phi) is 6.22. The fraction of sp³-hybridized carbons (Fsp3) is 0.304. The van der Waals surface area contributed by atoms with Crippen molar-refractivity contribution in [2.24, 2.45) is 0 Å². The van der Waals surface area contributed by atoms with Crippen LogP contribution in [0.25, 0.3) is 6.08 Å². The van der Waals surface area contributed by atoms with Gasteiger partial charge < -0.3 is 14.8 Å². The first-order valence-corrected chi connectivity index (χ1v) is 9.61. The number of imide groups is 1. The van der Waals surface area contributed by atoms with Crippen molar-refractivity contribution >= 4 is 18.0 Å². The van der Waals surface area contributed by atoms with Gasteiger partial charge in [-0.15, -0.1) is 0 Å². The molecular formula is C23H26N2O4.